The van der Waals surface area contributed by atoms with E-state index in [1.54, 1.807) is 0 Å². The van der Waals surface area contributed by atoms with Crippen molar-refractivity contribution in [2.24, 2.45) is 0 Å². The van der Waals surface area contributed by atoms with Crippen LogP contribution in [0, 0.1) is 13.8 Å². The summed E-state index contributed by atoms with van der Waals surface area (Å²) < 4.78 is 0. The van der Waals surface area contributed by atoms with Crippen LogP contribution < -0.4 is 24.8 Å². The molecule has 0 saturated heterocycles. The molecule has 0 fully saturated rings. The molecule has 0 saturated carbocycles. The van der Waals surface area contributed by atoms with Gasteiger partial charge in [-0.2, -0.15) is 6.07 Å². The standard InChI is InChI=1S/C14H17.2ClH.Zr/c1-9(2)13-7-10(3)5-12-6-11(4)8-14(12)13;;;/h5-9H,1-4H3;2*1H;/q-1;;;+3/p-2. The average Bonchev–Trinajstić information content (AvgIpc) is 2.42. The molecule has 0 aliphatic carbocycles. The summed E-state index contributed by atoms with van der Waals surface area (Å²) in [6.45, 7) is 8.86. The Morgan fingerprint density at radius 3 is 2.12 bits per heavy atom. The van der Waals surface area contributed by atoms with Crippen LogP contribution in [0.1, 0.15) is 36.5 Å². The molecule has 0 amide bonds. The van der Waals surface area contributed by atoms with Crippen LogP contribution in [0.25, 0.3) is 10.8 Å². The Morgan fingerprint density at radius 1 is 1.00 bits per heavy atom. The van der Waals surface area contributed by atoms with Crippen molar-refractivity contribution < 1.29 is 51.0 Å². The molecule has 2 aromatic carbocycles. The molecule has 0 aliphatic heterocycles. The van der Waals surface area contributed by atoms with Crippen molar-refractivity contribution >= 4 is 10.8 Å². The predicted molar refractivity (Wildman–Crippen MR) is 63.1 cm³/mol. The molecule has 0 bridgehead atoms. The quantitative estimate of drug-likeness (QED) is 0.540. The summed E-state index contributed by atoms with van der Waals surface area (Å²) in [7, 11) is 0. The van der Waals surface area contributed by atoms with E-state index >= 15 is 0 Å². The van der Waals surface area contributed by atoms with Gasteiger partial charge in [-0.15, -0.1) is 28.5 Å². The van der Waals surface area contributed by atoms with Crippen LogP contribution >= 0.6 is 0 Å². The molecule has 0 N–H and O–H groups in total. The number of hydrogen-bond donors (Lipinski definition) is 0. The van der Waals surface area contributed by atoms with E-state index in [1.807, 2.05) is 0 Å². The Hall–Kier alpha value is 0.293. The Balaban J connectivity index is 0. The van der Waals surface area contributed by atoms with Crippen LogP contribution in [0.15, 0.2) is 24.3 Å². The number of fused-ring (bicyclic) bond motifs is 1. The van der Waals surface area contributed by atoms with Gasteiger partial charge in [-0.1, -0.05) is 38.0 Å². The molecule has 0 aliphatic rings. The Labute approximate surface area is 135 Å². The van der Waals surface area contributed by atoms with Crippen molar-refractivity contribution in [1.82, 2.24) is 0 Å². The van der Waals surface area contributed by atoms with Crippen molar-refractivity contribution in [3.8, 4) is 0 Å². The van der Waals surface area contributed by atoms with Gasteiger partial charge in [0.25, 0.3) is 0 Å². The van der Waals surface area contributed by atoms with E-state index in [9.17, 15) is 0 Å². The number of aryl methyl sites for hydroxylation is 2. The first kappa shape index (κ1) is 19.6. The molecule has 1 radical (unpaired) electrons. The summed E-state index contributed by atoms with van der Waals surface area (Å²) in [5, 5.41) is 2.83. The first-order chi connectivity index (χ1) is 6.58. The molecule has 2 aromatic rings. The van der Waals surface area contributed by atoms with E-state index in [-0.39, 0.29) is 51.0 Å². The first-order valence-electron chi connectivity index (χ1n) is 5.25. The smallest absolute Gasteiger partial charge is 1.00 e. The van der Waals surface area contributed by atoms with Crippen molar-refractivity contribution in [1.29, 1.82) is 0 Å². The summed E-state index contributed by atoms with van der Waals surface area (Å²) in [5.74, 6) is 0.610. The van der Waals surface area contributed by atoms with Crippen LogP contribution in [-0.4, -0.2) is 0 Å². The first-order valence-corrected chi connectivity index (χ1v) is 5.25. The largest absolute Gasteiger partial charge is 3.00 e. The second kappa shape index (κ2) is 7.67. The SMILES string of the molecule is Cc1cc(C(C)C)c2cc(C)[cH-]c2c1.[Cl-].[Cl-].[Zr+3]. The molecule has 2 rings (SSSR count). The molecular weight excluding hydrogens is 330 g/mol. The number of halogens is 2. The maximum atomic E-state index is 2.31. The van der Waals surface area contributed by atoms with E-state index in [1.165, 1.54) is 27.5 Å². The third kappa shape index (κ3) is 4.16. The molecule has 0 spiro atoms. The Morgan fingerprint density at radius 2 is 1.59 bits per heavy atom. The van der Waals surface area contributed by atoms with Gasteiger partial charge in [0.05, 0.1) is 0 Å². The maximum Gasteiger partial charge on any atom is 3.00 e. The van der Waals surface area contributed by atoms with Crippen molar-refractivity contribution in [2.75, 3.05) is 0 Å². The molecule has 0 heterocycles. The van der Waals surface area contributed by atoms with Gasteiger partial charge >= 0.3 is 26.2 Å². The van der Waals surface area contributed by atoms with Crippen LogP contribution in [0.2, 0.25) is 0 Å². The fourth-order valence-electron chi connectivity index (χ4n) is 2.13. The number of hydrogen-bond acceptors (Lipinski definition) is 0. The third-order valence-corrected chi connectivity index (χ3v) is 2.77. The summed E-state index contributed by atoms with van der Waals surface area (Å²) >= 11 is 0. The zero-order valence-electron chi connectivity index (χ0n) is 10.6. The fraction of sp³-hybridized carbons (Fsp3) is 0.357. The minimum absolute atomic E-state index is 0. The monoisotopic (exact) mass is 345 g/mol. The van der Waals surface area contributed by atoms with Crippen LogP contribution in [0.3, 0.4) is 0 Å². The Kier molecular flexibility index (Phi) is 8.85. The molecule has 91 valence electrons. The van der Waals surface area contributed by atoms with Gasteiger partial charge in [0, 0.05) is 0 Å². The van der Waals surface area contributed by atoms with Crippen LogP contribution in [0.4, 0.5) is 0 Å². The molecule has 0 nitrogen and oxygen atoms in total. The molecule has 3 heteroatoms. The van der Waals surface area contributed by atoms with Crippen molar-refractivity contribution in [3.63, 3.8) is 0 Å². The summed E-state index contributed by atoms with van der Waals surface area (Å²) in [5.41, 5.74) is 4.22. The van der Waals surface area contributed by atoms with E-state index < -0.39 is 0 Å². The van der Waals surface area contributed by atoms with Crippen LogP contribution in [-0.2, 0) is 26.2 Å². The van der Waals surface area contributed by atoms with E-state index in [4.69, 9.17) is 0 Å². The molecule has 0 aromatic heterocycles. The van der Waals surface area contributed by atoms with Gasteiger partial charge in [-0.25, -0.2) is 0 Å². The topological polar surface area (TPSA) is 0 Å². The second-order valence-electron chi connectivity index (χ2n) is 4.54. The summed E-state index contributed by atoms with van der Waals surface area (Å²) in [4.78, 5) is 0. The maximum absolute atomic E-state index is 2.31. The van der Waals surface area contributed by atoms with Gasteiger partial charge in [0.15, 0.2) is 0 Å². The second-order valence-corrected chi connectivity index (χ2v) is 4.54. The van der Waals surface area contributed by atoms with Gasteiger partial charge in [-0.3, -0.25) is 0 Å². The van der Waals surface area contributed by atoms with Crippen molar-refractivity contribution in [2.45, 2.75) is 33.6 Å². The van der Waals surface area contributed by atoms with E-state index in [0.717, 1.165) is 0 Å². The molecular formula is C14H17Cl2Zr. The zero-order valence-corrected chi connectivity index (χ0v) is 14.6. The fourth-order valence-corrected chi connectivity index (χ4v) is 2.13. The van der Waals surface area contributed by atoms with Gasteiger partial charge < -0.3 is 24.8 Å². The van der Waals surface area contributed by atoms with E-state index in [2.05, 4.69) is 52.0 Å². The van der Waals surface area contributed by atoms with Crippen LogP contribution in [0.5, 0.6) is 0 Å². The molecule has 0 atom stereocenters. The number of rotatable bonds is 1. The van der Waals surface area contributed by atoms with Gasteiger partial charge in [0.1, 0.15) is 0 Å². The Bertz CT molecular complexity index is 472. The summed E-state index contributed by atoms with van der Waals surface area (Å²) in [6.07, 6.45) is 0. The number of benzene rings is 1. The van der Waals surface area contributed by atoms with E-state index in [0.29, 0.717) is 5.92 Å². The minimum Gasteiger partial charge on any atom is -1.00 e. The third-order valence-electron chi connectivity index (χ3n) is 2.77. The summed E-state index contributed by atoms with van der Waals surface area (Å²) in [6, 6.07) is 9.15. The minimum atomic E-state index is 0. The molecule has 0 unspecified atom stereocenters. The average molecular weight is 347 g/mol. The predicted octanol–water partition coefficient (Wildman–Crippen LogP) is -1.70. The normalized spacial score (nSPS) is 9.47. The van der Waals surface area contributed by atoms with Gasteiger partial charge in [0.2, 0.25) is 0 Å². The molecule has 17 heavy (non-hydrogen) atoms. The zero-order chi connectivity index (χ0) is 10.3. The van der Waals surface area contributed by atoms with Gasteiger partial charge in [-0.05, 0) is 12.8 Å². The van der Waals surface area contributed by atoms with Crippen molar-refractivity contribution in [3.05, 3.63) is 41.0 Å².